The standard InChI is InChI=1S/C16H30N5O20P5/c1-7(2)37-45(31,32)39-16(3,4)42(24,25)40-44(29,30)35-5-8-11(38-46(33,34)41-43(26,27)28)10(22)14(36-8)21-6-18-9-12(21)19-15(17)20-13(9)23/h6-8,10-11,14,22H,5H2,1-4H3,(H,24,25)(H,29,30)(H,31,32)(H,33,34)(H2,26,27,28)(H3,17,19,20,23)/t8-,10?,11?,14-/m1/s1. The molecule has 1 saturated heterocycles. The average Bonchev–Trinajstić information content (AvgIpc) is 3.34. The van der Waals surface area contributed by atoms with E-state index in [4.69, 9.17) is 20.3 Å². The smallest absolute Gasteiger partial charge is 0.386 e. The summed E-state index contributed by atoms with van der Waals surface area (Å²) in [6.07, 6.45) is -8.11. The molecule has 30 heteroatoms. The fourth-order valence-corrected chi connectivity index (χ4v) is 9.79. The third-order valence-electron chi connectivity index (χ3n) is 5.48. The van der Waals surface area contributed by atoms with Crippen LogP contribution in [-0.4, -0.2) is 90.4 Å². The first-order valence-electron chi connectivity index (χ1n) is 12.2. The summed E-state index contributed by atoms with van der Waals surface area (Å²) in [5.41, 5.74) is 4.06. The minimum absolute atomic E-state index is 0.313. The predicted octanol–water partition coefficient (Wildman–Crippen LogP) is 0.152. The number of H-pyrrole nitrogens is 1. The van der Waals surface area contributed by atoms with E-state index in [1.54, 1.807) is 0 Å². The van der Waals surface area contributed by atoms with Crippen LogP contribution in [0.5, 0.6) is 0 Å². The quantitative estimate of drug-likeness (QED) is 0.109. The SMILES string of the molecule is CC(C)OP(=O)(O)OC(C)(C)P(=O)(O)OP(=O)(O)OC[C@H]1O[C@@H](n2cnc3c(=O)[nH]c(N)nc32)C(O)C1OP(=O)(O)OP(=O)(O)O. The summed E-state index contributed by atoms with van der Waals surface area (Å²) < 4.78 is 94.2. The van der Waals surface area contributed by atoms with Gasteiger partial charge in [0.1, 0.15) is 18.3 Å². The first kappa shape index (κ1) is 39.2. The second kappa shape index (κ2) is 13.6. The molecule has 8 atom stereocenters. The van der Waals surface area contributed by atoms with Crippen molar-refractivity contribution in [3.63, 3.8) is 0 Å². The lowest BCUT2D eigenvalue weighted by molar-refractivity contribution is -0.0501. The number of nitrogens with two attached hydrogens (primary N) is 1. The molecule has 1 aliphatic heterocycles. The van der Waals surface area contributed by atoms with Crippen LogP contribution in [0.4, 0.5) is 5.95 Å². The van der Waals surface area contributed by atoms with Gasteiger partial charge in [0.05, 0.1) is 19.0 Å². The number of nitrogens with one attached hydrogen (secondary N) is 1. The van der Waals surface area contributed by atoms with Crippen molar-refractivity contribution in [2.45, 2.75) is 63.7 Å². The Balaban J connectivity index is 1.89. The number of nitrogens with zero attached hydrogens (tertiary/aromatic N) is 3. The zero-order valence-corrected chi connectivity index (χ0v) is 28.2. The van der Waals surface area contributed by atoms with Crippen LogP contribution >= 0.6 is 38.9 Å². The van der Waals surface area contributed by atoms with Crippen LogP contribution in [0.3, 0.4) is 0 Å². The monoisotopic (exact) mass is 767 g/mol. The van der Waals surface area contributed by atoms with E-state index in [0.717, 1.165) is 24.7 Å². The summed E-state index contributed by atoms with van der Waals surface area (Å²) in [4.78, 5) is 80.0. The predicted molar refractivity (Wildman–Crippen MR) is 148 cm³/mol. The molecule has 0 bridgehead atoms. The van der Waals surface area contributed by atoms with E-state index < -0.39 is 93.0 Å². The topological polar surface area (TPSA) is 381 Å². The van der Waals surface area contributed by atoms with Crippen molar-refractivity contribution in [1.82, 2.24) is 19.5 Å². The van der Waals surface area contributed by atoms with Gasteiger partial charge < -0.3 is 44.9 Å². The highest BCUT2D eigenvalue weighted by atomic mass is 31.3. The zero-order chi connectivity index (χ0) is 35.3. The Morgan fingerprint density at radius 3 is 2.22 bits per heavy atom. The zero-order valence-electron chi connectivity index (χ0n) is 23.8. The average molecular weight is 767 g/mol. The normalized spacial score (nSPS) is 26.4. The van der Waals surface area contributed by atoms with E-state index in [0.29, 0.717) is 0 Å². The van der Waals surface area contributed by atoms with Gasteiger partial charge in [-0.1, -0.05) is 0 Å². The van der Waals surface area contributed by atoms with Gasteiger partial charge in [0.15, 0.2) is 22.7 Å². The van der Waals surface area contributed by atoms with Gasteiger partial charge in [-0.3, -0.25) is 37.0 Å². The molecule has 46 heavy (non-hydrogen) atoms. The van der Waals surface area contributed by atoms with Crippen molar-refractivity contribution < 1.29 is 88.7 Å². The van der Waals surface area contributed by atoms with Gasteiger partial charge in [0, 0.05) is 0 Å². The first-order chi connectivity index (χ1) is 20.6. The fraction of sp³-hybridized carbons (Fsp3) is 0.688. The maximum Gasteiger partial charge on any atom is 0.481 e. The van der Waals surface area contributed by atoms with E-state index in [1.807, 2.05) is 0 Å². The fourth-order valence-electron chi connectivity index (χ4n) is 3.70. The number of aliphatic hydroxyl groups excluding tert-OH is 1. The van der Waals surface area contributed by atoms with E-state index >= 15 is 0 Å². The lowest BCUT2D eigenvalue weighted by Crippen LogP contribution is -2.36. The second-order valence-corrected chi connectivity index (χ2v) is 18.0. The summed E-state index contributed by atoms with van der Waals surface area (Å²) in [6, 6.07) is 0. The molecule has 0 aliphatic carbocycles. The highest BCUT2D eigenvalue weighted by Crippen LogP contribution is 2.69. The van der Waals surface area contributed by atoms with Gasteiger partial charge in [-0.15, -0.1) is 0 Å². The van der Waals surface area contributed by atoms with Gasteiger partial charge in [0.2, 0.25) is 5.95 Å². The Morgan fingerprint density at radius 1 is 1.04 bits per heavy atom. The van der Waals surface area contributed by atoms with Crippen molar-refractivity contribution >= 4 is 56.0 Å². The van der Waals surface area contributed by atoms with Gasteiger partial charge in [0.25, 0.3) is 5.56 Å². The molecule has 3 heterocycles. The molecule has 0 radical (unpaired) electrons. The number of rotatable bonds is 15. The van der Waals surface area contributed by atoms with Crippen molar-refractivity contribution in [1.29, 1.82) is 0 Å². The van der Waals surface area contributed by atoms with Crippen LogP contribution in [0.2, 0.25) is 0 Å². The first-order valence-corrected chi connectivity index (χ1v) is 19.8. The van der Waals surface area contributed by atoms with Gasteiger partial charge in [-0.2, -0.15) is 9.29 Å². The number of phosphoric ester groups is 3. The van der Waals surface area contributed by atoms with E-state index in [9.17, 15) is 52.3 Å². The number of nitrogen functional groups attached to an aromatic ring is 1. The number of hydrogen-bond acceptors (Lipinski definition) is 17. The molecule has 3 rings (SSSR count). The number of imidazole rings is 1. The summed E-state index contributed by atoms with van der Waals surface area (Å²) in [7, 11) is -27.7. The molecular formula is C16H30N5O20P5. The number of phosphoric acid groups is 4. The number of hydrogen-bond donors (Lipinski definition) is 9. The Bertz CT molecular complexity index is 1740. The van der Waals surface area contributed by atoms with Crippen molar-refractivity contribution in [2.24, 2.45) is 0 Å². The van der Waals surface area contributed by atoms with Gasteiger partial charge in [-0.05, 0) is 27.7 Å². The second-order valence-electron chi connectivity index (χ2n) is 9.97. The third-order valence-corrected chi connectivity index (χ3v) is 12.8. The molecule has 0 aromatic carbocycles. The highest BCUT2D eigenvalue weighted by molar-refractivity contribution is 7.65. The Kier molecular flexibility index (Phi) is 11.6. The number of ether oxygens (including phenoxy) is 1. The molecule has 6 unspecified atom stereocenters. The Labute approximate surface area is 257 Å². The molecule has 0 spiro atoms. The molecule has 1 aliphatic rings. The number of anilines is 1. The lowest BCUT2D eigenvalue weighted by Gasteiger charge is -2.31. The highest BCUT2D eigenvalue weighted by Gasteiger charge is 2.54. The summed E-state index contributed by atoms with van der Waals surface area (Å²) in [5.74, 6) is -0.415. The molecule has 10 N–H and O–H groups in total. The van der Waals surface area contributed by atoms with Crippen LogP contribution in [0.25, 0.3) is 11.2 Å². The van der Waals surface area contributed by atoms with E-state index in [2.05, 4.69) is 41.7 Å². The summed E-state index contributed by atoms with van der Waals surface area (Å²) in [6.45, 7) is 2.85. The molecule has 2 aromatic rings. The molecular weight excluding hydrogens is 737 g/mol. The summed E-state index contributed by atoms with van der Waals surface area (Å²) in [5, 5.41) is 8.26. The Morgan fingerprint density at radius 2 is 1.65 bits per heavy atom. The molecule has 0 saturated carbocycles. The number of aliphatic hydroxyl groups is 1. The molecule has 264 valence electrons. The molecule has 1 fully saturated rings. The number of aromatic nitrogens is 4. The number of fused-ring (bicyclic) bond motifs is 1. The van der Waals surface area contributed by atoms with Crippen molar-refractivity contribution in [3.8, 4) is 0 Å². The van der Waals surface area contributed by atoms with Gasteiger partial charge in [-0.25, -0.2) is 27.6 Å². The molecule has 2 aromatic heterocycles. The van der Waals surface area contributed by atoms with Crippen LogP contribution in [0, 0.1) is 0 Å². The maximum atomic E-state index is 12.8. The van der Waals surface area contributed by atoms with Crippen molar-refractivity contribution in [2.75, 3.05) is 12.3 Å². The minimum atomic E-state index is -5.76. The van der Waals surface area contributed by atoms with E-state index in [1.165, 1.54) is 13.8 Å². The lowest BCUT2D eigenvalue weighted by atomic mass is 10.1. The van der Waals surface area contributed by atoms with Crippen LogP contribution in [0.1, 0.15) is 33.9 Å². The van der Waals surface area contributed by atoms with Crippen LogP contribution in [0.15, 0.2) is 11.1 Å². The molecule has 25 nitrogen and oxygen atoms in total. The molecule has 0 amide bonds. The third kappa shape index (κ3) is 9.90. The largest absolute Gasteiger partial charge is 0.481 e. The maximum absolute atomic E-state index is 12.8. The minimum Gasteiger partial charge on any atom is -0.386 e. The number of aromatic amines is 1. The van der Waals surface area contributed by atoms with Crippen LogP contribution in [-0.2, 0) is 54.3 Å². The van der Waals surface area contributed by atoms with E-state index in [-0.39, 0.29) is 11.2 Å². The van der Waals surface area contributed by atoms with Crippen LogP contribution < -0.4 is 11.3 Å². The van der Waals surface area contributed by atoms with Gasteiger partial charge >= 0.3 is 38.9 Å². The van der Waals surface area contributed by atoms with Crippen molar-refractivity contribution in [3.05, 3.63) is 16.7 Å². The Hall–Kier alpha value is -1.26. The summed E-state index contributed by atoms with van der Waals surface area (Å²) >= 11 is 0.